The van der Waals surface area contributed by atoms with E-state index in [2.05, 4.69) is 11.4 Å². The maximum atomic E-state index is 12.0. The number of nitriles is 1. The number of aliphatic hydroxyl groups excluding tert-OH is 1. The van der Waals surface area contributed by atoms with Gasteiger partial charge in [-0.2, -0.15) is 5.26 Å². The standard InChI is InChI=1S/C18H24N2O3/c19-13-15-6-5-7-16(12-15)23-11-4-1-8-17(22)20-18(14-21)9-2-3-10-18/h5-7,12,21H,1-4,8-11,14H2,(H,20,22). The Morgan fingerprint density at radius 2 is 2.13 bits per heavy atom. The number of hydrogen-bond donors (Lipinski definition) is 2. The molecule has 5 heteroatoms. The third-order valence-corrected chi connectivity index (χ3v) is 4.30. The van der Waals surface area contributed by atoms with E-state index in [0.717, 1.165) is 38.5 Å². The van der Waals surface area contributed by atoms with Gasteiger partial charge in [0.1, 0.15) is 5.75 Å². The van der Waals surface area contributed by atoms with Crippen LogP contribution in [0.25, 0.3) is 0 Å². The summed E-state index contributed by atoms with van der Waals surface area (Å²) in [5.74, 6) is 0.686. The van der Waals surface area contributed by atoms with Gasteiger partial charge in [0.25, 0.3) is 0 Å². The van der Waals surface area contributed by atoms with Gasteiger partial charge < -0.3 is 15.2 Å². The molecule has 124 valence electrons. The predicted molar refractivity (Wildman–Crippen MR) is 86.9 cm³/mol. The molecule has 0 saturated heterocycles. The fraction of sp³-hybridized carbons (Fsp3) is 0.556. The molecule has 1 saturated carbocycles. The van der Waals surface area contributed by atoms with Crippen LogP contribution in [0.2, 0.25) is 0 Å². The lowest BCUT2D eigenvalue weighted by Gasteiger charge is -2.28. The van der Waals surface area contributed by atoms with E-state index in [9.17, 15) is 9.90 Å². The highest BCUT2D eigenvalue weighted by atomic mass is 16.5. The summed E-state index contributed by atoms with van der Waals surface area (Å²) in [5.41, 5.74) is 0.193. The van der Waals surface area contributed by atoms with Crippen LogP contribution in [0.1, 0.15) is 50.5 Å². The molecule has 0 atom stereocenters. The SMILES string of the molecule is N#Cc1cccc(OCCCCC(=O)NC2(CO)CCCC2)c1. The molecule has 0 radical (unpaired) electrons. The van der Waals surface area contributed by atoms with Gasteiger partial charge in [-0.15, -0.1) is 0 Å². The molecule has 0 spiro atoms. The molecule has 0 aromatic heterocycles. The van der Waals surface area contributed by atoms with Crippen LogP contribution >= 0.6 is 0 Å². The van der Waals surface area contributed by atoms with Crippen molar-refractivity contribution in [3.63, 3.8) is 0 Å². The number of benzene rings is 1. The highest BCUT2D eigenvalue weighted by molar-refractivity contribution is 5.76. The topological polar surface area (TPSA) is 82.3 Å². The Hall–Kier alpha value is -2.06. The number of amides is 1. The number of nitrogens with zero attached hydrogens (tertiary/aromatic N) is 1. The van der Waals surface area contributed by atoms with Crippen molar-refractivity contribution in [2.75, 3.05) is 13.2 Å². The van der Waals surface area contributed by atoms with Gasteiger partial charge in [0.2, 0.25) is 5.91 Å². The van der Waals surface area contributed by atoms with Gasteiger partial charge in [0.15, 0.2) is 0 Å². The van der Waals surface area contributed by atoms with Crippen molar-refractivity contribution in [2.24, 2.45) is 0 Å². The van der Waals surface area contributed by atoms with Gasteiger partial charge in [-0.05, 0) is 43.9 Å². The normalized spacial score (nSPS) is 15.8. The monoisotopic (exact) mass is 316 g/mol. The third kappa shape index (κ3) is 5.26. The lowest BCUT2D eigenvalue weighted by molar-refractivity contribution is -0.123. The summed E-state index contributed by atoms with van der Waals surface area (Å²) in [5, 5.41) is 21.3. The molecule has 1 amide bonds. The average molecular weight is 316 g/mol. The van der Waals surface area contributed by atoms with Crippen molar-refractivity contribution in [1.29, 1.82) is 5.26 Å². The fourth-order valence-electron chi connectivity index (χ4n) is 2.97. The van der Waals surface area contributed by atoms with Crippen LogP contribution in [0, 0.1) is 11.3 Å². The minimum absolute atomic E-state index is 0.00688. The van der Waals surface area contributed by atoms with Crippen LogP contribution in [-0.4, -0.2) is 29.8 Å². The molecule has 1 aromatic carbocycles. The second kappa shape index (κ2) is 8.54. The lowest BCUT2D eigenvalue weighted by Crippen LogP contribution is -2.49. The highest BCUT2D eigenvalue weighted by Gasteiger charge is 2.34. The molecule has 1 fully saturated rings. The lowest BCUT2D eigenvalue weighted by atomic mass is 9.98. The molecule has 0 unspecified atom stereocenters. The van der Waals surface area contributed by atoms with E-state index in [1.54, 1.807) is 18.2 Å². The summed E-state index contributed by atoms with van der Waals surface area (Å²) >= 11 is 0. The zero-order chi connectivity index (χ0) is 16.5. The molecular weight excluding hydrogens is 292 g/mol. The molecule has 0 aliphatic heterocycles. The molecule has 1 aliphatic carbocycles. The van der Waals surface area contributed by atoms with Crippen LogP contribution < -0.4 is 10.1 Å². The molecule has 23 heavy (non-hydrogen) atoms. The predicted octanol–water partition coefficient (Wildman–Crippen LogP) is 2.53. The molecule has 0 heterocycles. The Morgan fingerprint density at radius 3 is 2.83 bits per heavy atom. The smallest absolute Gasteiger partial charge is 0.220 e. The highest BCUT2D eigenvalue weighted by Crippen LogP contribution is 2.29. The van der Waals surface area contributed by atoms with E-state index in [1.165, 1.54) is 0 Å². The van der Waals surface area contributed by atoms with Crippen molar-refractivity contribution in [3.8, 4) is 11.8 Å². The van der Waals surface area contributed by atoms with Gasteiger partial charge in [0, 0.05) is 6.42 Å². The third-order valence-electron chi connectivity index (χ3n) is 4.30. The Balaban J connectivity index is 1.63. The zero-order valence-corrected chi connectivity index (χ0v) is 13.4. The van der Waals surface area contributed by atoms with Crippen molar-refractivity contribution < 1.29 is 14.6 Å². The summed E-state index contributed by atoms with van der Waals surface area (Å²) in [6, 6.07) is 9.12. The Morgan fingerprint density at radius 1 is 1.35 bits per heavy atom. The molecular formula is C18H24N2O3. The number of aliphatic hydroxyl groups is 1. The summed E-state index contributed by atoms with van der Waals surface area (Å²) < 4.78 is 5.58. The number of carbonyl (C=O) groups is 1. The summed E-state index contributed by atoms with van der Waals surface area (Å²) in [6.07, 6.45) is 5.83. The van der Waals surface area contributed by atoms with Gasteiger partial charge in [-0.3, -0.25) is 4.79 Å². The van der Waals surface area contributed by atoms with Crippen LogP contribution in [0.15, 0.2) is 24.3 Å². The van der Waals surface area contributed by atoms with Crippen LogP contribution in [0.5, 0.6) is 5.75 Å². The minimum Gasteiger partial charge on any atom is -0.494 e. The summed E-state index contributed by atoms with van der Waals surface area (Å²) in [7, 11) is 0. The van der Waals surface area contributed by atoms with E-state index in [0.29, 0.717) is 24.3 Å². The minimum atomic E-state index is -0.384. The number of ether oxygens (including phenoxy) is 1. The number of hydrogen-bond acceptors (Lipinski definition) is 4. The van der Waals surface area contributed by atoms with Crippen LogP contribution in [0.3, 0.4) is 0 Å². The summed E-state index contributed by atoms with van der Waals surface area (Å²) in [4.78, 5) is 12.0. The first-order valence-electron chi connectivity index (χ1n) is 8.22. The van der Waals surface area contributed by atoms with Crippen LogP contribution in [0.4, 0.5) is 0 Å². The van der Waals surface area contributed by atoms with Gasteiger partial charge >= 0.3 is 0 Å². The first-order valence-corrected chi connectivity index (χ1v) is 8.22. The van der Waals surface area contributed by atoms with Crippen molar-refractivity contribution in [1.82, 2.24) is 5.32 Å². The van der Waals surface area contributed by atoms with Crippen molar-refractivity contribution in [3.05, 3.63) is 29.8 Å². The molecule has 2 N–H and O–H groups in total. The average Bonchev–Trinajstić information content (AvgIpc) is 3.03. The quantitative estimate of drug-likeness (QED) is 0.722. The largest absolute Gasteiger partial charge is 0.494 e. The summed E-state index contributed by atoms with van der Waals surface area (Å²) in [6.45, 7) is 0.546. The van der Waals surface area contributed by atoms with E-state index in [1.807, 2.05) is 6.07 Å². The first-order chi connectivity index (χ1) is 11.2. The number of carbonyl (C=O) groups excluding carboxylic acids is 1. The second-order valence-corrected chi connectivity index (χ2v) is 6.14. The maximum Gasteiger partial charge on any atom is 0.220 e. The molecule has 1 aliphatic rings. The van der Waals surface area contributed by atoms with Gasteiger partial charge in [-0.25, -0.2) is 0 Å². The van der Waals surface area contributed by atoms with Crippen molar-refractivity contribution >= 4 is 5.91 Å². The van der Waals surface area contributed by atoms with E-state index in [-0.39, 0.29) is 18.1 Å². The molecule has 2 rings (SSSR count). The van der Waals surface area contributed by atoms with E-state index in [4.69, 9.17) is 10.00 Å². The number of nitrogens with one attached hydrogen (secondary N) is 1. The Kier molecular flexibility index (Phi) is 6.42. The number of unbranched alkanes of at least 4 members (excludes halogenated alkanes) is 1. The van der Waals surface area contributed by atoms with Gasteiger partial charge in [0.05, 0.1) is 30.4 Å². The van der Waals surface area contributed by atoms with Crippen LogP contribution in [-0.2, 0) is 4.79 Å². The zero-order valence-electron chi connectivity index (χ0n) is 13.4. The van der Waals surface area contributed by atoms with E-state index >= 15 is 0 Å². The number of rotatable bonds is 8. The Labute approximate surface area is 137 Å². The Bertz CT molecular complexity index is 560. The molecule has 1 aromatic rings. The first kappa shape index (κ1) is 17.3. The van der Waals surface area contributed by atoms with E-state index < -0.39 is 0 Å². The molecule has 5 nitrogen and oxygen atoms in total. The maximum absolute atomic E-state index is 12.0. The van der Waals surface area contributed by atoms with Gasteiger partial charge in [-0.1, -0.05) is 18.9 Å². The second-order valence-electron chi connectivity index (χ2n) is 6.14. The fourth-order valence-corrected chi connectivity index (χ4v) is 2.97. The molecule has 0 bridgehead atoms. The van der Waals surface area contributed by atoms with Crippen molar-refractivity contribution in [2.45, 2.75) is 50.5 Å².